The van der Waals surface area contributed by atoms with Gasteiger partial charge in [0, 0.05) is 26.0 Å². The van der Waals surface area contributed by atoms with Crippen LogP contribution < -0.4 is 0 Å². The summed E-state index contributed by atoms with van der Waals surface area (Å²) in [6.07, 6.45) is -5.09. The molecule has 176 valence electrons. The Hall–Kier alpha value is -3.47. The standard InChI is InChI=1S/C26H20FN3O4S/c27-13-3-1-12(2-4-13)22-16-7-5-14(28-16)9-17-23(31)25(33)19(29-17)11-20-26(34)24(32)18(30-20)10-15-6-8-21(22)35-15/h1-11,23-26,28,31-34H. The van der Waals surface area contributed by atoms with Gasteiger partial charge in [-0.2, -0.15) is 0 Å². The van der Waals surface area contributed by atoms with E-state index in [-0.39, 0.29) is 28.6 Å². The molecule has 0 amide bonds. The van der Waals surface area contributed by atoms with Crippen molar-refractivity contribution < 1.29 is 24.8 Å². The summed E-state index contributed by atoms with van der Waals surface area (Å²) in [6.45, 7) is 0. The van der Waals surface area contributed by atoms with Crippen LogP contribution in [-0.4, -0.2) is 35.4 Å². The maximum Gasteiger partial charge on any atom is 0.127 e. The Kier molecular flexibility index (Phi) is 5.24. The van der Waals surface area contributed by atoms with Crippen molar-refractivity contribution in [1.29, 1.82) is 0 Å². The minimum atomic E-state index is -1.30. The zero-order valence-corrected chi connectivity index (χ0v) is 18.9. The predicted molar refractivity (Wildman–Crippen MR) is 130 cm³/mol. The largest absolute Gasteiger partial charge is 0.384 e. The van der Waals surface area contributed by atoms with Crippen molar-refractivity contribution in [3.8, 4) is 11.1 Å². The van der Waals surface area contributed by atoms with Crippen LogP contribution in [-0.2, 0) is 0 Å². The number of halogens is 1. The molecule has 1 aromatic carbocycles. The molecule has 35 heavy (non-hydrogen) atoms. The van der Waals surface area contributed by atoms with Crippen LogP contribution >= 0.6 is 11.3 Å². The van der Waals surface area contributed by atoms with Crippen LogP contribution in [0, 0.1) is 5.82 Å². The number of thiophene rings is 1. The lowest BCUT2D eigenvalue weighted by atomic mass is 10.1. The number of aromatic nitrogens is 3. The number of H-pyrrole nitrogens is 1. The molecule has 0 saturated carbocycles. The molecule has 8 bridgehead atoms. The molecule has 0 saturated heterocycles. The van der Waals surface area contributed by atoms with E-state index < -0.39 is 24.4 Å². The number of nitrogens with one attached hydrogen (secondary N) is 1. The number of rotatable bonds is 1. The summed E-state index contributed by atoms with van der Waals surface area (Å²) in [7, 11) is 0. The number of aromatic amines is 1. The Morgan fingerprint density at radius 3 is 1.94 bits per heavy atom. The van der Waals surface area contributed by atoms with Gasteiger partial charge >= 0.3 is 0 Å². The topological polar surface area (TPSA) is 122 Å². The van der Waals surface area contributed by atoms with E-state index in [1.807, 2.05) is 24.3 Å². The summed E-state index contributed by atoms with van der Waals surface area (Å²) in [5, 5.41) is 42.2. The van der Waals surface area contributed by atoms with Crippen LogP contribution in [0.5, 0.6) is 0 Å². The second kappa shape index (κ2) is 8.33. The summed E-state index contributed by atoms with van der Waals surface area (Å²) < 4.78 is 15.4. The normalized spacial score (nSPS) is 21.9. The van der Waals surface area contributed by atoms with E-state index >= 15 is 0 Å². The minimum Gasteiger partial charge on any atom is -0.384 e. The quantitative estimate of drug-likeness (QED) is 0.270. The number of aliphatic hydroxyl groups is 4. The highest BCUT2D eigenvalue weighted by atomic mass is 32.1. The van der Waals surface area contributed by atoms with Gasteiger partial charge in [-0.25, -0.2) is 4.39 Å². The first-order chi connectivity index (χ1) is 16.9. The molecular formula is C26H20FN3O4S. The molecule has 4 aromatic rings. The van der Waals surface area contributed by atoms with Crippen molar-refractivity contribution in [3.63, 3.8) is 0 Å². The maximum absolute atomic E-state index is 13.6. The number of fused-ring (bicyclic) bond motifs is 8. The molecular weight excluding hydrogens is 469 g/mol. The van der Waals surface area contributed by atoms with Crippen LogP contribution in [0.4, 0.5) is 4.39 Å². The lowest BCUT2D eigenvalue weighted by Crippen LogP contribution is -2.05. The molecule has 2 aliphatic heterocycles. The van der Waals surface area contributed by atoms with Crippen molar-refractivity contribution in [2.45, 2.75) is 24.4 Å². The van der Waals surface area contributed by atoms with Crippen LogP contribution in [0.3, 0.4) is 0 Å². The lowest BCUT2D eigenvalue weighted by molar-refractivity contribution is 0.0218. The summed E-state index contributed by atoms with van der Waals surface area (Å²) >= 11 is 1.47. The molecule has 9 heteroatoms. The Bertz CT molecular complexity index is 1500. The Labute approximate surface area is 202 Å². The predicted octanol–water partition coefficient (Wildman–Crippen LogP) is 4.39. The summed E-state index contributed by atoms with van der Waals surface area (Å²) in [5.74, 6) is -0.335. The lowest BCUT2D eigenvalue weighted by Gasteiger charge is -2.08. The van der Waals surface area contributed by atoms with Gasteiger partial charge in [0.2, 0.25) is 0 Å². The Morgan fingerprint density at radius 2 is 1.29 bits per heavy atom. The highest BCUT2D eigenvalue weighted by molar-refractivity contribution is 7.24. The van der Waals surface area contributed by atoms with Gasteiger partial charge < -0.3 is 25.4 Å². The number of aliphatic hydroxyl groups excluding tert-OH is 4. The molecule has 6 rings (SSSR count). The van der Waals surface area contributed by atoms with Gasteiger partial charge in [-0.3, -0.25) is 9.97 Å². The van der Waals surface area contributed by atoms with Gasteiger partial charge in [0.15, 0.2) is 0 Å². The molecule has 5 N–H and O–H groups in total. The highest BCUT2D eigenvalue weighted by Crippen LogP contribution is 2.38. The van der Waals surface area contributed by atoms with E-state index in [1.54, 1.807) is 24.3 Å². The molecule has 7 nitrogen and oxygen atoms in total. The fraction of sp³-hybridized carbons (Fsp3) is 0.154. The Morgan fingerprint density at radius 1 is 0.686 bits per heavy atom. The van der Waals surface area contributed by atoms with Crippen LogP contribution in [0.2, 0.25) is 0 Å². The molecule has 0 fully saturated rings. The third kappa shape index (κ3) is 3.83. The number of nitrogens with zero attached hydrogens (tertiary/aromatic N) is 2. The van der Waals surface area contributed by atoms with E-state index in [9.17, 15) is 24.8 Å². The molecule has 4 unspecified atom stereocenters. The third-order valence-corrected chi connectivity index (χ3v) is 7.25. The zero-order valence-electron chi connectivity index (χ0n) is 18.1. The SMILES string of the molecule is OC1c2cc3nc(cc4ccc(s4)c(-c4ccc(F)cc4)c4ccc(cc(n2)C1O)[nH]4)C(O)C3O. The fourth-order valence-corrected chi connectivity index (χ4v) is 5.43. The van der Waals surface area contributed by atoms with Crippen LogP contribution in [0.15, 0.2) is 66.7 Å². The average molecular weight is 490 g/mol. The second-order valence-electron chi connectivity index (χ2n) is 8.55. The summed E-state index contributed by atoms with van der Waals surface area (Å²) in [6, 6.07) is 18.5. The monoisotopic (exact) mass is 489 g/mol. The second-order valence-corrected chi connectivity index (χ2v) is 9.66. The summed E-state index contributed by atoms with van der Waals surface area (Å²) in [4.78, 5) is 12.0. The minimum absolute atomic E-state index is 0.144. The fourth-order valence-electron chi connectivity index (χ4n) is 4.39. The van der Waals surface area contributed by atoms with E-state index in [2.05, 4.69) is 15.0 Å². The van der Waals surface area contributed by atoms with E-state index in [4.69, 9.17) is 0 Å². The number of benzene rings is 1. The van der Waals surface area contributed by atoms with Gasteiger partial charge in [0.25, 0.3) is 0 Å². The zero-order chi connectivity index (χ0) is 24.3. The van der Waals surface area contributed by atoms with Crippen LogP contribution in [0.1, 0.15) is 47.2 Å². The van der Waals surface area contributed by atoms with Crippen LogP contribution in [0.25, 0.3) is 31.6 Å². The van der Waals surface area contributed by atoms with Crippen molar-refractivity contribution in [1.82, 2.24) is 15.0 Å². The van der Waals surface area contributed by atoms with Crippen molar-refractivity contribution in [2.75, 3.05) is 0 Å². The van der Waals surface area contributed by atoms with E-state index in [0.29, 0.717) is 5.52 Å². The third-order valence-electron chi connectivity index (χ3n) is 6.20. The van der Waals surface area contributed by atoms with Crippen molar-refractivity contribution in [2.24, 2.45) is 0 Å². The first-order valence-electron chi connectivity index (χ1n) is 11.0. The van der Waals surface area contributed by atoms with Gasteiger partial charge in [-0.15, -0.1) is 11.3 Å². The molecule has 4 atom stereocenters. The first kappa shape index (κ1) is 22.0. The van der Waals surface area contributed by atoms with Gasteiger partial charge in [-0.05, 0) is 60.2 Å². The van der Waals surface area contributed by atoms with E-state index in [1.165, 1.54) is 29.5 Å². The molecule has 3 aromatic heterocycles. The maximum atomic E-state index is 13.6. The molecule has 5 heterocycles. The molecule has 0 radical (unpaired) electrons. The van der Waals surface area contributed by atoms with Gasteiger partial charge in [-0.1, -0.05) is 12.1 Å². The average Bonchev–Trinajstić information content (AvgIpc) is 3.60. The van der Waals surface area contributed by atoms with Crippen molar-refractivity contribution in [3.05, 3.63) is 95.3 Å². The van der Waals surface area contributed by atoms with Crippen molar-refractivity contribution >= 4 is 31.8 Å². The van der Waals surface area contributed by atoms with Gasteiger partial charge in [0.1, 0.15) is 30.2 Å². The molecule has 0 aliphatic carbocycles. The summed E-state index contributed by atoms with van der Waals surface area (Å²) in [5.41, 5.74) is 3.90. The molecule has 2 aliphatic rings. The number of hydrogen-bond donors (Lipinski definition) is 5. The van der Waals surface area contributed by atoms with Gasteiger partial charge in [0.05, 0.1) is 22.8 Å². The highest BCUT2D eigenvalue weighted by Gasteiger charge is 2.32. The van der Waals surface area contributed by atoms with E-state index in [0.717, 1.165) is 26.0 Å². The molecule has 0 spiro atoms. The number of hydrogen-bond acceptors (Lipinski definition) is 7. The smallest absolute Gasteiger partial charge is 0.127 e. The first-order valence-corrected chi connectivity index (χ1v) is 11.8. The Balaban J connectivity index is 1.71.